The van der Waals surface area contributed by atoms with Crippen LogP contribution in [-0.4, -0.2) is 27.2 Å². The third-order valence-corrected chi connectivity index (χ3v) is 8.02. The number of ketones is 1. The van der Waals surface area contributed by atoms with E-state index < -0.39 is 0 Å². The van der Waals surface area contributed by atoms with Crippen molar-refractivity contribution in [2.24, 2.45) is 0 Å². The molecule has 0 amide bonds. The van der Waals surface area contributed by atoms with Crippen LogP contribution in [0.15, 0.2) is 65.8 Å². The number of hydrogen-bond donors (Lipinski definition) is 0. The molecule has 1 fully saturated rings. The lowest BCUT2D eigenvalue weighted by Gasteiger charge is -2.26. The highest BCUT2D eigenvalue weighted by Gasteiger charge is 2.24. The van der Waals surface area contributed by atoms with Crippen LogP contribution in [0.4, 0.5) is 0 Å². The third-order valence-electron chi connectivity index (χ3n) is 7.03. The fourth-order valence-electron chi connectivity index (χ4n) is 5.20. The maximum Gasteiger partial charge on any atom is 0.191 e. The van der Waals surface area contributed by atoms with Gasteiger partial charge in [0.25, 0.3) is 0 Å². The predicted octanol–water partition coefficient (Wildman–Crippen LogP) is 7.42. The smallest absolute Gasteiger partial charge is 0.191 e. The first kappa shape index (κ1) is 24.6. The standard InChI is InChI=1S/C30H33N3O2S/c1-3-35-28-17-16-23(21(2)34)18-25(28)20-36-30-32-31-29(33(30)26-13-5-4-6-14-26)19-24-12-9-11-22-10-7-8-15-27(22)24/h7-12,15-18,26H,3-6,13-14,19-20H2,1-2H3. The summed E-state index contributed by atoms with van der Waals surface area (Å²) in [6, 6.07) is 21.2. The lowest BCUT2D eigenvalue weighted by Crippen LogP contribution is -2.17. The zero-order valence-electron chi connectivity index (χ0n) is 21.1. The van der Waals surface area contributed by atoms with Gasteiger partial charge in [-0.3, -0.25) is 4.79 Å². The molecule has 0 N–H and O–H groups in total. The molecule has 1 aromatic heterocycles. The van der Waals surface area contributed by atoms with Crippen molar-refractivity contribution >= 4 is 28.3 Å². The van der Waals surface area contributed by atoms with Crippen molar-refractivity contribution in [2.45, 2.75) is 69.3 Å². The molecule has 0 radical (unpaired) electrons. The van der Waals surface area contributed by atoms with E-state index in [4.69, 9.17) is 9.84 Å². The van der Waals surface area contributed by atoms with Crippen LogP contribution in [0.25, 0.3) is 10.8 Å². The van der Waals surface area contributed by atoms with Gasteiger partial charge in [0.1, 0.15) is 11.6 Å². The fraction of sp³-hybridized carbons (Fsp3) is 0.367. The number of rotatable bonds is 9. The second-order valence-electron chi connectivity index (χ2n) is 9.48. The van der Waals surface area contributed by atoms with E-state index in [1.807, 2.05) is 25.1 Å². The maximum atomic E-state index is 12.0. The lowest BCUT2D eigenvalue weighted by atomic mass is 9.95. The Hall–Kier alpha value is -3.12. The van der Waals surface area contributed by atoms with Crippen LogP contribution in [-0.2, 0) is 12.2 Å². The van der Waals surface area contributed by atoms with Gasteiger partial charge in [-0.2, -0.15) is 0 Å². The van der Waals surface area contributed by atoms with Crippen molar-refractivity contribution in [3.05, 3.63) is 83.2 Å². The maximum absolute atomic E-state index is 12.0. The molecule has 186 valence electrons. The summed E-state index contributed by atoms with van der Waals surface area (Å²) in [5.74, 6) is 2.60. The normalized spacial score (nSPS) is 14.3. The molecule has 5 rings (SSSR count). The van der Waals surface area contributed by atoms with Gasteiger partial charge in [-0.15, -0.1) is 10.2 Å². The average molecular weight is 500 g/mol. The molecule has 0 aliphatic heterocycles. The highest BCUT2D eigenvalue weighted by atomic mass is 32.2. The van der Waals surface area contributed by atoms with E-state index in [0.29, 0.717) is 24.0 Å². The Bertz CT molecular complexity index is 1350. The van der Waals surface area contributed by atoms with Gasteiger partial charge in [-0.05, 0) is 61.2 Å². The number of Topliss-reactive ketones (excluding diaryl/α,β-unsaturated/α-hetero) is 1. The Labute approximate surface area is 217 Å². The molecule has 1 aliphatic carbocycles. The summed E-state index contributed by atoms with van der Waals surface area (Å²) in [5, 5.41) is 12.9. The Morgan fingerprint density at radius 2 is 1.81 bits per heavy atom. The van der Waals surface area contributed by atoms with Gasteiger partial charge in [0, 0.05) is 29.3 Å². The molecular weight excluding hydrogens is 466 g/mol. The van der Waals surface area contributed by atoms with Crippen molar-refractivity contribution in [2.75, 3.05) is 6.61 Å². The van der Waals surface area contributed by atoms with Crippen LogP contribution in [0, 0.1) is 0 Å². The van der Waals surface area contributed by atoms with Gasteiger partial charge >= 0.3 is 0 Å². The van der Waals surface area contributed by atoms with E-state index >= 15 is 0 Å². The molecule has 4 aromatic rings. The number of fused-ring (bicyclic) bond motifs is 1. The SMILES string of the molecule is CCOc1ccc(C(C)=O)cc1CSc1nnc(Cc2cccc3ccccc23)n1C1CCCCC1. The Balaban J connectivity index is 1.46. The first-order chi connectivity index (χ1) is 17.6. The van der Waals surface area contributed by atoms with Gasteiger partial charge < -0.3 is 9.30 Å². The van der Waals surface area contributed by atoms with Crippen molar-refractivity contribution < 1.29 is 9.53 Å². The van der Waals surface area contributed by atoms with Crippen LogP contribution in [0.2, 0.25) is 0 Å². The van der Waals surface area contributed by atoms with Gasteiger partial charge in [0.2, 0.25) is 0 Å². The Kier molecular flexibility index (Phi) is 7.71. The third kappa shape index (κ3) is 5.34. The lowest BCUT2D eigenvalue weighted by molar-refractivity contribution is 0.101. The average Bonchev–Trinajstić information content (AvgIpc) is 3.31. The molecule has 1 saturated carbocycles. The van der Waals surface area contributed by atoms with Gasteiger partial charge in [-0.25, -0.2) is 0 Å². The molecular formula is C30H33N3O2S. The van der Waals surface area contributed by atoms with Crippen LogP contribution < -0.4 is 4.74 Å². The molecule has 0 unspecified atom stereocenters. The molecule has 0 atom stereocenters. The fourth-order valence-corrected chi connectivity index (χ4v) is 6.20. The molecule has 5 nitrogen and oxygen atoms in total. The summed E-state index contributed by atoms with van der Waals surface area (Å²) in [6.07, 6.45) is 6.88. The second kappa shape index (κ2) is 11.3. The monoisotopic (exact) mass is 499 g/mol. The minimum atomic E-state index is 0.0621. The van der Waals surface area contributed by atoms with Crippen molar-refractivity contribution in [3.8, 4) is 5.75 Å². The van der Waals surface area contributed by atoms with Gasteiger partial charge in [-0.1, -0.05) is 73.5 Å². The number of hydrogen-bond acceptors (Lipinski definition) is 5. The molecule has 1 heterocycles. The van der Waals surface area contributed by atoms with E-state index in [2.05, 4.69) is 52.1 Å². The zero-order chi connectivity index (χ0) is 24.9. The number of benzene rings is 3. The van der Waals surface area contributed by atoms with Gasteiger partial charge in [0.15, 0.2) is 10.9 Å². The molecule has 36 heavy (non-hydrogen) atoms. The highest BCUT2D eigenvalue weighted by molar-refractivity contribution is 7.98. The molecule has 0 bridgehead atoms. The summed E-state index contributed by atoms with van der Waals surface area (Å²) < 4.78 is 8.27. The highest BCUT2D eigenvalue weighted by Crippen LogP contribution is 2.36. The topological polar surface area (TPSA) is 57.0 Å². The molecule has 0 spiro atoms. The van der Waals surface area contributed by atoms with E-state index in [0.717, 1.165) is 41.6 Å². The van der Waals surface area contributed by atoms with Crippen LogP contribution >= 0.6 is 11.8 Å². The number of carbonyl (C=O) groups is 1. The number of ether oxygens (including phenoxy) is 1. The molecule has 3 aromatic carbocycles. The van der Waals surface area contributed by atoms with Crippen LogP contribution in [0.3, 0.4) is 0 Å². The van der Waals surface area contributed by atoms with Gasteiger partial charge in [0.05, 0.1) is 6.61 Å². The van der Waals surface area contributed by atoms with Crippen molar-refractivity contribution in [3.63, 3.8) is 0 Å². The number of aromatic nitrogens is 3. The quantitative estimate of drug-likeness (QED) is 0.177. The van der Waals surface area contributed by atoms with Crippen LogP contribution in [0.1, 0.15) is 79.3 Å². The summed E-state index contributed by atoms with van der Waals surface area (Å²) in [5.41, 5.74) is 3.00. The predicted molar refractivity (Wildman–Crippen MR) is 146 cm³/mol. The number of thioether (sulfide) groups is 1. The Morgan fingerprint density at radius 1 is 1.00 bits per heavy atom. The minimum absolute atomic E-state index is 0.0621. The van der Waals surface area contributed by atoms with E-state index in [1.54, 1.807) is 18.7 Å². The van der Waals surface area contributed by atoms with Crippen molar-refractivity contribution in [1.29, 1.82) is 0 Å². The summed E-state index contributed by atoms with van der Waals surface area (Å²) in [6.45, 7) is 4.17. The molecule has 0 saturated heterocycles. The van der Waals surface area contributed by atoms with Crippen molar-refractivity contribution in [1.82, 2.24) is 14.8 Å². The molecule has 6 heteroatoms. The summed E-state index contributed by atoms with van der Waals surface area (Å²) in [4.78, 5) is 12.0. The number of carbonyl (C=O) groups excluding carboxylic acids is 1. The largest absolute Gasteiger partial charge is 0.494 e. The second-order valence-corrected chi connectivity index (χ2v) is 10.4. The first-order valence-corrected chi connectivity index (χ1v) is 13.9. The number of nitrogens with zero attached hydrogens (tertiary/aromatic N) is 3. The van der Waals surface area contributed by atoms with Crippen LogP contribution in [0.5, 0.6) is 5.75 Å². The molecule has 1 aliphatic rings. The summed E-state index contributed by atoms with van der Waals surface area (Å²) in [7, 11) is 0. The minimum Gasteiger partial charge on any atom is -0.494 e. The first-order valence-electron chi connectivity index (χ1n) is 12.9. The zero-order valence-corrected chi connectivity index (χ0v) is 21.9. The van der Waals surface area contributed by atoms with E-state index in [9.17, 15) is 4.79 Å². The van der Waals surface area contributed by atoms with E-state index in [-0.39, 0.29) is 5.78 Å². The Morgan fingerprint density at radius 3 is 2.61 bits per heavy atom. The summed E-state index contributed by atoms with van der Waals surface area (Å²) >= 11 is 1.69. The van der Waals surface area contributed by atoms with E-state index in [1.165, 1.54) is 35.6 Å².